The van der Waals surface area contributed by atoms with Crippen molar-refractivity contribution in [3.63, 3.8) is 0 Å². The molecule has 1 aliphatic heterocycles. The van der Waals surface area contributed by atoms with Crippen LogP contribution in [-0.4, -0.2) is 19.1 Å². The van der Waals surface area contributed by atoms with E-state index in [0.29, 0.717) is 6.04 Å². The van der Waals surface area contributed by atoms with Gasteiger partial charge in [0.2, 0.25) is 0 Å². The molecule has 0 bridgehead atoms. The molecule has 0 saturated heterocycles. The minimum absolute atomic E-state index is 0.320. The van der Waals surface area contributed by atoms with Gasteiger partial charge in [-0.1, -0.05) is 38.0 Å². The van der Waals surface area contributed by atoms with E-state index >= 15 is 0 Å². The Morgan fingerprint density at radius 2 is 2.18 bits per heavy atom. The van der Waals surface area contributed by atoms with Gasteiger partial charge in [-0.25, -0.2) is 0 Å². The summed E-state index contributed by atoms with van der Waals surface area (Å²) in [6, 6.07) is 9.08. The number of para-hydroxylation sites is 1. The van der Waals surface area contributed by atoms with Crippen LogP contribution in [-0.2, 0) is 6.42 Å². The van der Waals surface area contributed by atoms with Crippen LogP contribution in [0.3, 0.4) is 0 Å². The first-order chi connectivity index (χ1) is 8.31. The summed E-state index contributed by atoms with van der Waals surface area (Å²) in [6.07, 6.45) is 6.12. The maximum atomic E-state index is 6.21. The molecule has 0 aromatic heterocycles. The lowest BCUT2D eigenvalue weighted by Gasteiger charge is -2.33. The molecule has 2 nitrogen and oxygen atoms in total. The summed E-state index contributed by atoms with van der Waals surface area (Å²) in [4.78, 5) is 2.47. The van der Waals surface area contributed by atoms with Crippen LogP contribution in [0, 0.1) is 0 Å². The van der Waals surface area contributed by atoms with Crippen molar-refractivity contribution in [2.24, 2.45) is 5.73 Å². The van der Waals surface area contributed by atoms with Gasteiger partial charge in [0.05, 0.1) is 0 Å². The largest absolute Gasteiger partial charge is 0.370 e. The molecule has 0 saturated carbocycles. The predicted octanol–water partition coefficient (Wildman–Crippen LogP) is 2.96. The van der Waals surface area contributed by atoms with Gasteiger partial charge in [-0.2, -0.15) is 0 Å². The number of rotatable bonds is 5. The highest BCUT2D eigenvalue weighted by Crippen LogP contribution is 2.26. The Labute approximate surface area is 105 Å². The number of nitrogens with zero attached hydrogens (tertiary/aromatic N) is 1. The number of unbranched alkanes of at least 4 members (excludes halogenated alkanes) is 1. The summed E-state index contributed by atoms with van der Waals surface area (Å²) < 4.78 is 0. The van der Waals surface area contributed by atoms with Gasteiger partial charge < -0.3 is 10.6 Å². The highest BCUT2D eigenvalue weighted by Gasteiger charge is 2.17. The average Bonchev–Trinajstić information content (AvgIpc) is 2.37. The van der Waals surface area contributed by atoms with Gasteiger partial charge in [0.25, 0.3) is 0 Å². The van der Waals surface area contributed by atoms with Crippen molar-refractivity contribution in [3.05, 3.63) is 29.8 Å². The van der Waals surface area contributed by atoms with Crippen LogP contribution in [0.15, 0.2) is 24.3 Å². The van der Waals surface area contributed by atoms with Crippen LogP contribution in [0.25, 0.3) is 0 Å². The Balaban J connectivity index is 1.98. The highest BCUT2D eigenvalue weighted by atomic mass is 15.1. The minimum Gasteiger partial charge on any atom is -0.370 e. The molecule has 2 heteroatoms. The molecule has 1 heterocycles. The SMILES string of the molecule is CCCCC(N)CN1CCCc2ccccc21. The van der Waals surface area contributed by atoms with Gasteiger partial charge in [0.15, 0.2) is 0 Å². The lowest BCUT2D eigenvalue weighted by atomic mass is 10.0. The topological polar surface area (TPSA) is 29.3 Å². The summed E-state index contributed by atoms with van der Waals surface area (Å²) in [5, 5.41) is 0. The van der Waals surface area contributed by atoms with E-state index in [4.69, 9.17) is 5.73 Å². The van der Waals surface area contributed by atoms with Crippen LogP contribution in [0.4, 0.5) is 5.69 Å². The fraction of sp³-hybridized carbons (Fsp3) is 0.600. The second-order valence-electron chi connectivity index (χ2n) is 5.08. The molecule has 1 aromatic rings. The minimum atomic E-state index is 0.320. The fourth-order valence-corrected chi connectivity index (χ4v) is 2.64. The standard InChI is InChI=1S/C15H24N2/c1-2-3-9-14(16)12-17-11-6-8-13-7-4-5-10-15(13)17/h4-5,7,10,14H,2-3,6,8-9,11-12,16H2,1H3. The summed E-state index contributed by atoms with van der Waals surface area (Å²) >= 11 is 0. The van der Waals surface area contributed by atoms with Crippen molar-refractivity contribution in [3.8, 4) is 0 Å². The van der Waals surface area contributed by atoms with E-state index in [1.54, 1.807) is 0 Å². The van der Waals surface area contributed by atoms with Crippen LogP contribution in [0.1, 0.15) is 38.2 Å². The zero-order valence-electron chi connectivity index (χ0n) is 10.9. The first-order valence-electron chi connectivity index (χ1n) is 6.89. The van der Waals surface area contributed by atoms with E-state index in [2.05, 4.69) is 36.1 Å². The molecular weight excluding hydrogens is 208 g/mol. The third kappa shape index (κ3) is 3.22. The summed E-state index contributed by atoms with van der Waals surface area (Å²) in [7, 11) is 0. The van der Waals surface area contributed by atoms with Crippen molar-refractivity contribution in [1.29, 1.82) is 0 Å². The average molecular weight is 232 g/mol. The quantitative estimate of drug-likeness (QED) is 0.845. The first-order valence-corrected chi connectivity index (χ1v) is 6.89. The third-order valence-corrected chi connectivity index (χ3v) is 3.59. The molecule has 0 radical (unpaired) electrons. The summed E-state index contributed by atoms with van der Waals surface area (Å²) in [6.45, 7) is 4.40. The molecule has 1 aliphatic rings. The lowest BCUT2D eigenvalue weighted by Crippen LogP contribution is -2.40. The molecule has 17 heavy (non-hydrogen) atoms. The number of aryl methyl sites for hydroxylation is 1. The van der Waals surface area contributed by atoms with E-state index in [1.165, 1.54) is 36.9 Å². The van der Waals surface area contributed by atoms with Crippen LogP contribution < -0.4 is 10.6 Å². The number of benzene rings is 1. The first kappa shape index (κ1) is 12.4. The zero-order chi connectivity index (χ0) is 12.1. The van der Waals surface area contributed by atoms with E-state index in [-0.39, 0.29) is 0 Å². The van der Waals surface area contributed by atoms with Crippen molar-refractivity contribution in [1.82, 2.24) is 0 Å². The van der Waals surface area contributed by atoms with Crippen molar-refractivity contribution < 1.29 is 0 Å². The number of nitrogens with two attached hydrogens (primary N) is 1. The molecule has 0 spiro atoms. The second-order valence-corrected chi connectivity index (χ2v) is 5.08. The monoisotopic (exact) mass is 232 g/mol. The molecule has 1 unspecified atom stereocenters. The lowest BCUT2D eigenvalue weighted by molar-refractivity contribution is 0.548. The molecular formula is C15H24N2. The Hall–Kier alpha value is -1.02. The third-order valence-electron chi connectivity index (χ3n) is 3.59. The Morgan fingerprint density at radius 1 is 1.35 bits per heavy atom. The Morgan fingerprint density at radius 3 is 3.00 bits per heavy atom. The zero-order valence-corrected chi connectivity index (χ0v) is 10.9. The van der Waals surface area contributed by atoms with Crippen molar-refractivity contribution >= 4 is 5.69 Å². The molecule has 2 N–H and O–H groups in total. The van der Waals surface area contributed by atoms with Gasteiger partial charge in [0, 0.05) is 24.8 Å². The van der Waals surface area contributed by atoms with Crippen LogP contribution >= 0.6 is 0 Å². The van der Waals surface area contributed by atoms with Crippen molar-refractivity contribution in [2.45, 2.75) is 45.1 Å². The van der Waals surface area contributed by atoms with E-state index in [1.807, 2.05) is 0 Å². The summed E-state index contributed by atoms with van der Waals surface area (Å²) in [5.74, 6) is 0. The number of fused-ring (bicyclic) bond motifs is 1. The maximum absolute atomic E-state index is 6.21. The van der Waals surface area contributed by atoms with E-state index < -0.39 is 0 Å². The maximum Gasteiger partial charge on any atom is 0.0399 e. The van der Waals surface area contributed by atoms with E-state index in [9.17, 15) is 0 Å². The van der Waals surface area contributed by atoms with Crippen LogP contribution in [0.2, 0.25) is 0 Å². The Kier molecular flexibility index (Phi) is 4.43. The predicted molar refractivity (Wildman–Crippen MR) is 74.5 cm³/mol. The Bertz CT molecular complexity index is 349. The summed E-state index contributed by atoms with van der Waals surface area (Å²) in [5.41, 5.74) is 9.10. The number of hydrogen-bond acceptors (Lipinski definition) is 2. The smallest absolute Gasteiger partial charge is 0.0399 e. The van der Waals surface area contributed by atoms with E-state index in [0.717, 1.165) is 19.5 Å². The number of anilines is 1. The fourth-order valence-electron chi connectivity index (χ4n) is 2.64. The van der Waals surface area contributed by atoms with Crippen molar-refractivity contribution in [2.75, 3.05) is 18.0 Å². The van der Waals surface area contributed by atoms with Crippen LogP contribution in [0.5, 0.6) is 0 Å². The second kappa shape index (κ2) is 6.06. The molecule has 1 atom stereocenters. The van der Waals surface area contributed by atoms with Gasteiger partial charge in [-0.15, -0.1) is 0 Å². The van der Waals surface area contributed by atoms with Gasteiger partial charge >= 0.3 is 0 Å². The molecule has 94 valence electrons. The van der Waals surface area contributed by atoms with Gasteiger partial charge in [0.1, 0.15) is 0 Å². The van der Waals surface area contributed by atoms with Gasteiger partial charge in [-0.05, 0) is 30.9 Å². The highest BCUT2D eigenvalue weighted by molar-refractivity contribution is 5.55. The number of hydrogen-bond donors (Lipinski definition) is 1. The molecule has 0 fully saturated rings. The molecule has 0 aliphatic carbocycles. The molecule has 0 amide bonds. The molecule has 1 aromatic carbocycles. The normalized spacial score (nSPS) is 16.7. The molecule has 2 rings (SSSR count). The van der Waals surface area contributed by atoms with Gasteiger partial charge in [-0.3, -0.25) is 0 Å².